The van der Waals surface area contributed by atoms with Crippen LogP contribution in [0.2, 0.25) is 0 Å². The summed E-state index contributed by atoms with van der Waals surface area (Å²) >= 11 is 0. The van der Waals surface area contributed by atoms with Gasteiger partial charge >= 0.3 is 0 Å². The lowest BCUT2D eigenvalue weighted by molar-refractivity contribution is 0.629. The summed E-state index contributed by atoms with van der Waals surface area (Å²) in [5.41, 5.74) is 2.65. The number of hydrogen-bond acceptors (Lipinski definition) is 2. The van der Waals surface area contributed by atoms with Crippen LogP contribution in [-0.2, 0) is 0 Å². The van der Waals surface area contributed by atoms with Gasteiger partial charge in [-0.1, -0.05) is 31.0 Å². The van der Waals surface area contributed by atoms with Gasteiger partial charge in [-0.3, -0.25) is 0 Å². The zero-order valence-electron chi connectivity index (χ0n) is 11.5. The summed E-state index contributed by atoms with van der Waals surface area (Å²) in [6.45, 7) is 10.9. The fourth-order valence-corrected chi connectivity index (χ4v) is 1.87. The van der Waals surface area contributed by atoms with Crippen molar-refractivity contribution in [3.05, 3.63) is 29.8 Å². The molecule has 0 atom stereocenters. The zero-order chi connectivity index (χ0) is 12.5. The van der Waals surface area contributed by atoms with E-state index in [4.69, 9.17) is 0 Å². The summed E-state index contributed by atoms with van der Waals surface area (Å²) in [4.78, 5) is 2.42. The SMILES string of the molecule is CCCCNCCN(CC)c1ccc(C)cc1. The largest absolute Gasteiger partial charge is 0.371 e. The molecule has 17 heavy (non-hydrogen) atoms. The van der Waals surface area contributed by atoms with Crippen molar-refractivity contribution in [2.45, 2.75) is 33.6 Å². The van der Waals surface area contributed by atoms with Crippen LogP contribution in [0.3, 0.4) is 0 Å². The molecule has 1 N–H and O–H groups in total. The van der Waals surface area contributed by atoms with E-state index >= 15 is 0 Å². The lowest BCUT2D eigenvalue weighted by Crippen LogP contribution is -2.32. The number of aryl methyl sites for hydroxylation is 1. The number of anilines is 1. The molecule has 2 nitrogen and oxygen atoms in total. The average Bonchev–Trinajstić information content (AvgIpc) is 2.35. The molecule has 0 bridgehead atoms. The van der Waals surface area contributed by atoms with Crippen LogP contribution in [0.25, 0.3) is 0 Å². The molecule has 0 unspecified atom stereocenters. The fourth-order valence-electron chi connectivity index (χ4n) is 1.87. The maximum Gasteiger partial charge on any atom is 0.0366 e. The van der Waals surface area contributed by atoms with Crippen molar-refractivity contribution < 1.29 is 0 Å². The van der Waals surface area contributed by atoms with Crippen LogP contribution < -0.4 is 10.2 Å². The van der Waals surface area contributed by atoms with Crippen LogP contribution in [0.1, 0.15) is 32.3 Å². The van der Waals surface area contributed by atoms with Gasteiger partial charge in [-0.05, 0) is 38.9 Å². The number of benzene rings is 1. The highest BCUT2D eigenvalue weighted by molar-refractivity contribution is 5.47. The molecule has 0 heterocycles. The molecular weight excluding hydrogens is 208 g/mol. The fraction of sp³-hybridized carbons (Fsp3) is 0.600. The summed E-state index contributed by atoms with van der Waals surface area (Å²) in [5, 5.41) is 3.49. The quantitative estimate of drug-likeness (QED) is 0.695. The molecular formula is C15H26N2. The van der Waals surface area contributed by atoms with Crippen molar-refractivity contribution in [1.29, 1.82) is 0 Å². The minimum atomic E-state index is 1.07. The smallest absolute Gasteiger partial charge is 0.0366 e. The monoisotopic (exact) mass is 234 g/mol. The first-order chi connectivity index (χ1) is 8.27. The molecule has 0 aliphatic heterocycles. The Bertz CT molecular complexity index is 292. The molecule has 0 aliphatic carbocycles. The van der Waals surface area contributed by atoms with Crippen LogP contribution >= 0.6 is 0 Å². The van der Waals surface area contributed by atoms with Gasteiger partial charge in [-0.15, -0.1) is 0 Å². The molecule has 0 radical (unpaired) electrons. The second-order valence-corrected chi connectivity index (χ2v) is 4.52. The van der Waals surface area contributed by atoms with Gasteiger partial charge in [0, 0.05) is 25.3 Å². The van der Waals surface area contributed by atoms with Crippen LogP contribution in [0.4, 0.5) is 5.69 Å². The number of unbranched alkanes of at least 4 members (excludes halogenated alkanes) is 1. The number of hydrogen-bond donors (Lipinski definition) is 1. The van der Waals surface area contributed by atoms with Crippen molar-refractivity contribution in [3.8, 4) is 0 Å². The van der Waals surface area contributed by atoms with Crippen molar-refractivity contribution >= 4 is 5.69 Å². The van der Waals surface area contributed by atoms with Crippen molar-refractivity contribution in [1.82, 2.24) is 5.32 Å². The molecule has 0 saturated heterocycles. The zero-order valence-corrected chi connectivity index (χ0v) is 11.5. The molecule has 0 saturated carbocycles. The number of rotatable bonds is 8. The molecule has 1 rings (SSSR count). The molecule has 0 aromatic heterocycles. The van der Waals surface area contributed by atoms with Crippen LogP contribution in [0.15, 0.2) is 24.3 Å². The Kier molecular flexibility index (Phi) is 6.71. The molecule has 0 amide bonds. The van der Waals surface area contributed by atoms with Gasteiger partial charge < -0.3 is 10.2 Å². The predicted molar refractivity (Wildman–Crippen MR) is 76.8 cm³/mol. The van der Waals surface area contributed by atoms with E-state index in [9.17, 15) is 0 Å². The van der Waals surface area contributed by atoms with E-state index in [1.165, 1.54) is 24.1 Å². The first kappa shape index (κ1) is 14.0. The van der Waals surface area contributed by atoms with Crippen LogP contribution in [0, 0.1) is 6.92 Å². The Morgan fingerprint density at radius 3 is 2.35 bits per heavy atom. The Hall–Kier alpha value is -1.02. The maximum absolute atomic E-state index is 3.49. The van der Waals surface area contributed by atoms with E-state index in [-0.39, 0.29) is 0 Å². The minimum absolute atomic E-state index is 1.07. The normalized spacial score (nSPS) is 10.5. The predicted octanol–water partition coefficient (Wildman–Crippen LogP) is 3.21. The second kappa shape index (κ2) is 8.13. The maximum atomic E-state index is 3.49. The van der Waals surface area contributed by atoms with Crippen molar-refractivity contribution in [3.63, 3.8) is 0 Å². The highest BCUT2D eigenvalue weighted by Crippen LogP contribution is 2.14. The third-order valence-electron chi connectivity index (χ3n) is 3.05. The van der Waals surface area contributed by atoms with Gasteiger partial charge in [0.05, 0.1) is 0 Å². The summed E-state index contributed by atoms with van der Waals surface area (Å²) in [5.74, 6) is 0. The van der Waals surface area contributed by atoms with E-state index in [0.717, 1.165) is 26.2 Å². The van der Waals surface area contributed by atoms with E-state index in [0.29, 0.717) is 0 Å². The Morgan fingerprint density at radius 1 is 1.06 bits per heavy atom. The first-order valence-electron chi connectivity index (χ1n) is 6.80. The van der Waals surface area contributed by atoms with E-state index in [1.807, 2.05) is 0 Å². The Morgan fingerprint density at radius 2 is 1.76 bits per heavy atom. The molecule has 0 aliphatic rings. The highest BCUT2D eigenvalue weighted by Gasteiger charge is 2.02. The van der Waals surface area contributed by atoms with E-state index in [2.05, 4.69) is 55.3 Å². The first-order valence-corrected chi connectivity index (χ1v) is 6.80. The van der Waals surface area contributed by atoms with Gasteiger partial charge in [0.2, 0.25) is 0 Å². The van der Waals surface area contributed by atoms with Gasteiger partial charge in [-0.25, -0.2) is 0 Å². The molecule has 2 heteroatoms. The van der Waals surface area contributed by atoms with Crippen molar-refractivity contribution in [2.75, 3.05) is 31.1 Å². The molecule has 1 aromatic carbocycles. The third kappa shape index (κ3) is 5.22. The third-order valence-corrected chi connectivity index (χ3v) is 3.05. The standard InChI is InChI=1S/C15H26N2/c1-4-6-11-16-12-13-17(5-2)15-9-7-14(3)8-10-15/h7-10,16H,4-6,11-13H2,1-3H3. The molecule has 0 spiro atoms. The number of nitrogens with zero attached hydrogens (tertiary/aromatic N) is 1. The number of likely N-dealkylation sites (N-methyl/N-ethyl adjacent to an activating group) is 1. The lowest BCUT2D eigenvalue weighted by Gasteiger charge is -2.23. The molecule has 1 aromatic rings. The second-order valence-electron chi connectivity index (χ2n) is 4.52. The molecule has 0 fully saturated rings. The summed E-state index contributed by atoms with van der Waals surface area (Å²) in [6, 6.07) is 8.79. The van der Waals surface area contributed by atoms with Crippen LogP contribution in [-0.4, -0.2) is 26.2 Å². The van der Waals surface area contributed by atoms with Crippen molar-refractivity contribution in [2.24, 2.45) is 0 Å². The van der Waals surface area contributed by atoms with Gasteiger partial charge in [-0.2, -0.15) is 0 Å². The van der Waals surface area contributed by atoms with E-state index in [1.54, 1.807) is 0 Å². The topological polar surface area (TPSA) is 15.3 Å². The minimum Gasteiger partial charge on any atom is -0.371 e. The van der Waals surface area contributed by atoms with Gasteiger partial charge in [0.15, 0.2) is 0 Å². The Balaban J connectivity index is 2.35. The van der Waals surface area contributed by atoms with Gasteiger partial charge in [0.25, 0.3) is 0 Å². The lowest BCUT2D eigenvalue weighted by atomic mass is 10.2. The Labute approximate surface area is 106 Å². The summed E-state index contributed by atoms with van der Waals surface area (Å²) in [7, 11) is 0. The summed E-state index contributed by atoms with van der Waals surface area (Å²) < 4.78 is 0. The van der Waals surface area contributed by atoms with Crippen LogP contribution in [0.5, 0.6) is 0 Å². The van der Waals surface area contributed by atoms with E-state index < -0.39 is 0 Å². The molecule has 96 valence electrons. The number of nitrogens with one attached hydrogen (secondary N) is 1. The average molecular weight is 234 g/mol. The highest BCUT2D eigenvalue weighted by atomic mass is 15.1. The van der Waals surface area contributed by atoms with Gasteiger partial charge in [0.1, 0.15) is 0 Å². The summed E-state index contributed by atoms with van der Waals surface area (Å²) in [6.07, 6.45) is 2.54.